The van der Waals surface area contributed by atoms with Gasteiger partial charge < -0.3 is 9.15 Å². The van der Waals surface area contributed by atoms with Crippen molar-refractivity contribution < 1.29 is 22.4 Å². The summed E-state index contributed by atoms with van der Waals surface area (Å²) in [6.07, 6.45) is 3.64. The smallest absolute Gasteiger partial charge is 0.338 e. The molecule has 3 aromatic rings. The van der Waals surface area contributed by atoms with Gasteiger partial charge in [-0.1, -0.05) is 6.92 Å². The lowest BCUT2D eigenvalue weighted by Gasteiger charge is -2.08. The lowest BCUT2D eigenvalue weighted by Crippen LogP contribution is -2.09. The molecule has 2 unspecified atom stereocenters. The minimum atomic E-state index is -1.44. The summed E-state index contributed by atoms with van der Waals surface area (Å²) in [6, 6.07) is 7.48. The highest BCUT2D eigenvalue weighted by atomic mass is 32.2. The Labute approximate surface area is 160 Å². The number of ether oxygens (including phenoxy) is 1. The maximum absolute atomic E-state index is 13.0. The Hall–Kier alpha value is -2.32. The van der Waals surface area contributed by atoms with Crippen LogP contribution in [0.5, 0.6) is 0 Å². The summed E-state index contributed by atoms with van der Waals surface area (Å²) in [5.41, 5.74) is 0.341. The maximum atomic E-state index is 13.0. The van der Waals surface area contributed by atoms with E-state index in [0.717, 1.165) is 0 Å². The Morgan fingerprint density at radius 1 is 1.07 bits per heavy atom. The van der Waals surface area contributed by atoms with E-state index in [0.29, 0.717) is 22.8 Å². The first-order valence-electron chi connectivity index (χ1n) is 8.22. The number of carbonyl (C=O) groups excluding carboxylic acids is 1. The number of rotatable bonds is 5. The zero-order chi connectivity index (χ0) is 19.7. The van der Waals surface area contributed by atoms with E-state index in [9.17, 15) is 18.0 Å². The lowest BCUT2D eigenvalue weighted by atomic mass is 10.1. The molecule has 0 aliphatic heterocycles. The van der Waals surface area contributed by atoms with Gasteiger partial charge in [-0.15, -0.1) is 0 Å². The van der Waals surface area contributed by atoms with E-state index in [1.165, 1.54) is 42.8 Å². The average molecular weight is 406 g/mol. The highest BCUT2D eigenvalue weighted by Crippen LogP contribution is 2.27. The molecule has 0 spiro atoms. The van der Waals surface area contributed by atoms with Gasteiger partial charge in [0.05, 0.1) is 38.6 Å². The summed E-state index contributed by atoms with van der Waals surface area (Å²) in [7, 11) is -2.80. The molecule has 0 aliphatic rings. The summed E-state index contributed by atoms with van der Waals surface area (Å²) in [6.45, 7) is 2.18. The summed E-state index contributed by atoms with van der Waals surface area (Å²) in [5, 5.41) is 0.389. The van der Waals surface area contributed by atoms with Crippen molar-refractivity contribution in [3.8, 4) is 0 Å². The highest BCUT2D eigenvalue weighted by Gasteiger charge is 2.18. The molecule has 0 radical (unpaired) electrons. The molecule has 0 saturated heterocycles. The first-order valence-corrected chi connectivity index (χ1v) is 11.3. The second-order valence-electron chi connectivity index (χ2n) is 5.98. The summed E-state index contributed by atoms with van der Waals surface area (Å²) >= 11 is 0. The Balaban J connectivity index is 2.31. The molecule has 0 bridgehead atoms. The van der Waals surface area contributed by atoms with Crippen molar-refractivity contribution in [2.24, 2.45) is 0 Å². The topological polar surface area (TPSA) is 90.7 Å². The summed E-state index contributed by atoms with van der Waals surface area (Å²) < 4.78 is 34.9. The van der Waals surface area contributed by atoms with Gasteiger partial charge in [0.15, 0.2) is 5.58 Å². The van der Waals surface area contributed by atoms with Crippen molar-refractivity contribution in [1.82, 2.24) is 0 Å². The van der Waals surface area contributed by atoms with E-state index < -0.39 is 27.6 Å². The van der Waals surface area contributed by atoms with E-state index in [1.54, 1.807) is 0 Å². The molecule has 3 rings (SSSR count). The number of hydrogen-bond donors (Lipinski definition) is 0. The minimum Gasteiger partial charge on any atom is -0.462 e. The fourth-order valence-electron chi connectivity index (χ4n) is 2.69. The standard InChI is InChI=1S/C19H18O6S2/c1-4-7-24-19(21)11-5-6-15-13(8-11)17(20)14-9-12(26(2)22)10-16(27(3)23)18(14)25-15/h5-6,8-10H,4,7H2,1-3H3. The van der Waals surface area contributed by atoms with Gasteiger partial charge in [0.1, 0.15) is 5.58 Å². The molecular formula is C19H18O6S2. The van der Waals surface area contributed by atoms with Crippen molar-refractivity contribution in [3.63, 3.8) is 0 Å². The Morgan fingerprint density at radius 3 is 2.44 bits per heavy atom. The quantitative estimate of drug-likeness (QED) is 0.478. The summed E-state index contributed by atoms with van der Waals surface area (Å²) in [5.74, 6) is -0.517. The summed E-state index contributed by atoms with van der Waals surface area (Å²) in [4.78, 5) is 25.8. The van der Waals surface area contributed by atoms with Crippen LogP contribution in [0.15, 0.2) is 49.3 Å². The van der Waals surface area contributed by atoms with Crippen LogP contribution in [0.3, 0.4) is 0 Å². The van der Waals surface area contributed by atoms with E-state index in [1.807, 2.05) is 6.92 Å². The zero-order valence-electron chi connectivity index (χ0n) is 15.1. The average Bonchev–Trinajstić information content (AvgIpc) is 2.65. The van der Waals surface area contributed by atoms with Crippen molar-refractivity contribution in [2.45, 2.75) is 23.1 Å². The van der Waals surface area contributed by atoms with Gasteiger partial charge in [-0.25, -0.2) is 4.79 Å². The molecule has 0 aliphatic carbocycles. The van der Waals surface area contributed by atoms with Crippen LogP contribution < -0.4 is 5.43 Å². The van der Waals surface area contributed by atoms with Gasteiger partial charge >= 0.3 is 5.97 Å². The third kappa shape index (κ3) is 3.72. The molecule has 2 aromatic carbocycles. The molecule has 0 N–H and O–H groups in total. The third-order valence-electron chi connectivity index (χ3n) is 4.02. The molecule has 1 aromatic heterocycles. The first kappa shape index (κ1) is 19.4. The molecular weight excluding hydrogens is 388 g/mol. The molecule has 0 amide bonds. The van der Waals surface area contributed by atoms with Crippen molar-refractivity contribution in [3.05, 3.63) is 46.1 Å². The molecule has 27 heavy (non-hydrogen) atoms. The van der Waals surface area contributed by atoms with Crippen molar-refractivity contribution in [2.75, 3.05) is 19.1 Å². The fourth-order valence-corrected chi connectivity index (χ4v) is 4.03. The van der Waals surface area contributed by atoms with Crippen LogP contribution in [0.1, 0.15) is 23.7 Å². The van der Waals surface area contributed by atoms with E-state index in [-0.39, 0.29) is 32.9 Å². The third-order valence-corrected chi connectivity index (χ3v) is 5.85. The molecule has 142 valence electrons. The van der Waals surface area contributed by atoms with Crippen LogP contribution in [0.2, 0.25) is 0 Å². The second kappa shape index (κ2) is 7.74. The molecule has 0 saturated carbocycles. The number of hydrogen-bond acceptors (Lipinski definition) is 6. The van der Waals surface area contributed by atoms with Crippen LogP contribution in [-0.4, -0.2) is 33.5 Å². The van der Waals surface area contributed by atoms with E-state index in [2.05, 4.69) is 0 Å². The number of fused-ring (bicyclic) bond motifs is 2. The number of carbonyl (C=O) groups is 1. The molecule has 8 heteroatoms. The fraction of sp³-hybridized carbons (Fsp3) is 0.263. The van der Waals surface area contributed by atoms with Gasteiger partial charge in [0.2, 0.25) is 5.43 Å². The lowest BCUT2D eigenvalue weighted by molar-refractivity contribution is 0.0505. The highest BCUT2D eigenvalue weighted by molar-refractivity contribution is 7.85. The number of esters is 1. The second-order valence-corrected chi connectivity index (χ2v) is 8.71. The van der Waals surface area contributed by atoms with Gasteiger partial charge in [-0.2, -0.15) is 0 Å². The Morgan fingerprint density at radius 2 is 1.81 bits per heavy atom. The first-order chi connectivity index (χ1) is 12.8. The minimum absolute atomic E-state index is 0.180. The van der Waals surface area contributed by atoms with Crippen LogP contribution in [0.4, 0.5) is 0 Å². The van der Waals surface area contributed by atoms with Gasteiger partial charge in [0, 0.05) is 28.2 Å². The van der Waals surface area contributed by atoms with Crippen molar-refractivity contribution in [1.29, 1.82) is 0 Å². The largest absolute Gasteiger partial charge is 0.462 e. The monoisotopic (exact) mass is 406 g/mol. The predicted molar refractivity (Wildman–Crippen MR) is 105 cm³/mol. The van der Waals surface area contributed by atoms with Crippen LogP contribution in [0, 0.1) is 0 Å². The normalized spacial score (nSPS) is 13.6. The van der Waals surface area contributed by atoms with Gasteiger partial charge in [-0.05, 0) is 36.8 Å². The molecule has 2 atom stereocenters. The Bertz CT molecular complexity index is 1160. The predicted octanol–water partition coefficient (Wildman–Crippen LogP) is 2.99. The maximum Gasteiger partial charge on any atom is 0.338 e. The zero-order valence-corrected chi connectivity index (χ0v) is 16.7. The SMILES string of the molecule is CCCOC(=O)c1ccc2oc3c(S(C)=O)cc(S(C)=O)cc3c(=O)c2c1. The molecule has 0 fully saturated rings. The van der Waals surface area contributed by atoms with Crippen LogP contribution >= 0.6 is 0 Å². The Kier molecular flexibility index (Phi) is 5.57. The van der Waals surface area contributed by atoms with Gasteiger partial charge in [-0.3, -0.25) is 13.2 Å². The molecule has 6 nitrogen and oxygen atoms in total. The van der Waals surface area contributed by atoms with E-state index >= 15 is 0 Å². The molecule has 1 heterocycles. The van der Waals surface area contributed by atoms with Crippen LogP contribution in [-0.2, 0) is 26.3 Å². The van der Waals surface area contributed by atoms with E-state index in [4.69, 9.17) is 9.15 Å². The number of benzene rings is 2. The van der Waals surface area contributed by atoms with Crippen LogP contribution in [0.25, 0.3) is 21.9 Å². The van der Waals surface area contributed by atoms with Gasteiger partial charge in [0.25, 0.3) is 0 Å². The van der Waals surface area contributed by atoms with Crippen molar-refractivity contribution >= 4 is 49.5 Å².